The van der Waals surface area contributed by atoms with Gasteiger partial charge in [-0.25, -0.2) is 9.59 Å². The summed E-state index contributed by atoms with van der Waals surface area (Å²) in [6.07, 6.45) is 8.33. The zero-order chi connectivity index (χ0) is 36.2. The van der Waals surface area contributed by atoms with Gasteiger partial charge in [0.2, 0.25) is 21.3 Å². The molecule has 0 bridgehead atoms. The largest absolute Gasteiger partial charge is 0.465 e. The number of hydrogen-bond acceptors (Lipinski definition) is 13. The molecule has 0 saturated carbocycles. The number of aromatic nitrogens is 6. The number of halogens is 3. The third-order valence-electron chi connectivity index (χ3n) is 8.31. The van der Waals surface area contributed by atoms with Gasteiger partial charge < -0.3 is 33.4 Å². The van der Waals surface area contributed by atoms with E-state index in [4.69, 9.17) is 58.4 Å². The summed E-state index contributed by atoms with van der Waals surface area (Å²) < 4.78 is 19.7. The maximum atomic E-state index is 11.9. The summed E-state index contributed by atoms with van der Waals surface area (Å²) in [5, 5.41) is 17.0. The minimum atomic E-state index is -1.61. The van der Waals surface area contributed by atoms with Crippen molar-refractivity contribution in [3.63, 3.8) is 0 Å². The number of carboxylic acid groups (broad SMARTS) is 1. The van der Waals surface area contributed by atoms with Gasteiger partial charge >= 0.3 is 12.2 Å². The molecule has 4 aromatic rings. The van der Waals surface area contributed by atoms with E-state index in [9.17, 15) is 9.59 Å². The molecular weight excluding hydrogens is 729 g/mol. The Morgan fingerprint density at radius 3 is 1.92 bits per heavy atom. The molecule has 2 aliphatic rings. The van der Waals surface area contributed by atoms with E-state index in [2.05, 4.69) is 42.1 Å². The van der Waals surface area contributed by atoms with E-state index >= 15 is 0 Å². The standard InChI is InChI=1S/C16H17Cl3N4O4.C16H21N5O3/c17-16(18,19)10-26-15(24)23-7-3-12(4-8-23)25-9-13-21-14(22-27-13)11-1-5-20-6-2-11;1-2-20(13-5-9-21(10-6-13)16(22)23)11-14-18-15(19-24-14)12-3-7-17-8-4-12/h1-2,5-6,12H,3-4,7-10H2;3-4,7-8,13H,2,5-6,9-11H2,1H3,(H,22,23). The third-order valence-corrected chi connectivity index (χ3v) is 8.64. The van der Waals surface area contributed by atoms with Gasteiger partial charge in [0.1, 0.15) is 13.2 Å². The minimum Gasteiger partial charge on any atom is -0.465 e. The summed E-state index contributed by atoms with van der Waals surface area (Å²) in [6.45, 7) is 5.57. The molecule has 4 aromatic heterocycles. The van der Waals surface area contributed by atoms with Crippen LogP contribution in [0.1, 0.15) is 44.4 Å². The van der Waals surface area contributed by atoms with Crippen LogP contribution in [0.25, 0.3) is 22.8 Å². The highest BCUT2D eigenvalue weighted by Gasteiger charge is 2.29. The topological polar surface area (TPSA) is 186 Å². The molecule has 0 aliphatic carbocycles. The maximum absolute atomic E-state index is 11.9. The Balaban J connectivity index is 0.000000199. The highest BCUT2D eigenvalue weighted by molar-refractivity contribution is 6.67. The highest BCUT2D eigenvalue weighted by atomic mass is 35.6. The second-order valence-corrected chi connectivity index (χ2v) is 14.2. The first kappa shape index (κ1) is 38.1. The molecule has 2 amide bonds. The predicted octanol–water partition coefficient (Wildman–Crippen LogP) is 5.72. The quantitative estimate of drug-likeness (QED) is 0.193. The van der Waals surface area contributed by atoms with Gasteiger partial charge in [-0.1, -0.05) is 52.0 Å². The van der Waals surface area contributed by atoms with Crippen LogP contribution in [0.3, 0.4) is 0 Å². The smallest absolute Gasteiger partial charge is 0.409 e. The lowest BCUT2D eigenvalue weighted by Gasteiger charge is -2.36. The lowest BCUT2D eigenvalue weighted by atomic mass is 10.0. The fourth-order valence-corrected chi connectivity index (χ4v) is 5.76. The van der Waals surface area contributed by atoms with Crippen LogP contribution in [0.5, 0.6) is 0 Å². The first-order valence-corrected chi connectivity index (χ1v) is 17.5. The number of nitrogens with zero attached hydrogens (tertiary/aromatic N) is 9. The molecule has 16 nitrogen and oxygen atoms in total. The van der Waals surface area contributed by atoms with Crippen LogP contribution in [0.2, 0.25) is 0 Å². The average Bonchev–Trinajstić information content (AvgIpc) is 3.83. The van der Waals surface area contributed by atoms with E-state index in [1.165, 1.54) is 4.90 Å². The van der Waals surface area contributed by atoms with Crippen LogP contribution in [0, 0.1) is 0 Å². The number of likely N-dealkylation sites (tertiary alicyclic amines) is 2. The van der Waals surface area contributed by atoms with Crippen LogP contribution in [0.15, 0.2) is 58.1 Å². The van der Waals surface area contributed by atoms with Gasteiger partial charge in [-0.2, -0.15) is 9.97 Å². The number of pyridine rings is 2. The summed E-state index contributed by atoms with van der Waals surface area (Å²) >= 11 is 16.7. The summed E-state index contributed by atoms with van der Waals surface area (Å²) in [4.78, 5) is 44.9. The summed E-state index contributed by atoms with van der Waals surface area (Å²) in [6, 6.07) is 7.61. The van der Waals surface area contributed by atoms with Crippen molar-refractivity contribution in [1.82, 2.24) is 44.9 Å². The van der Waals surface area contributed by atoms with Crippen LogP contribution in [-0.4, -0.2) is 118 Å². The molecule has 0 spiro atoms. The van der Waals surface area contributed by atoms with Gasteiger partial charge in [0.05, 0.1) is 12.6 Å². The molecule has 0 unspecified atom stereocenters. The lowest BCUT2D eigenvalue weighted by molar-refractivity contribution is -0.0123. The van der Waals surface area contributed by atoms with E-state index in [1.807, 2.05) is 12.1 Å². The van der Waals surface area contributed by atoms with Crippen LogP contribution in [-0.2, 0) is 22.6 Å². The van der Waals surface area contributed by atoms with Gasteiger partial charge in [0.25, 0.3) is 5.89 Å². The Morgan fingerprint density at radius 2 is 1.39 bits per heavy atom. The zero-order valence-corrected chi connectivity index (χ0v) is 30.1. The molecule has 2 fully saturated rings. The predicted molar refractivity (Wildman–Crippen MR) is 185 cm³/mol. The molecule has 6 heterocycles. The first-order chi connectivity index (χ1) is 24.6. The molecule has 274 valence electrons. The van der Waals surface area contributed by atoms with Crippen molar-refractivity contribution in [2.75, 3.05) is 39.3 Å². The molecule has 0 aromatic carbocycles. The van der Waals surface area contributed by atoms with E-state index in [0.717, 1.165) is 30.5 Å². The van der Waals surface area contributed by atoms with Gasteiger partial charge in [-0.3, -0.25) is 14.9 Å². The molecule has 0 atom stereocenters. The van der Waals surface area contributed by atoms with Crippen molar-refractivity contribution in [2.45, 2.75) is 61.7 Å². The van der Waals surface area contributed by atoms with E-state index in [0.29, 0.717) is 75.0 Å². The monoisotopic (exact) mass is 765 g/mol. The van der Waals surface area contributed by atoms with Crippen molar-refractivity contribution >= 4 is 47.0 Å². The van der Waals surface area contributed by atoms with Crippen molar-refractivity contribution in [2.24, 2.45) is 0 Å². The van der Waals surface area contributed by atoms with Crippen molar-refractivity contribution in [3.05, 3.63) is 60.8 Å². The Kier molecular flexibility index (Phi) is 13.8. The second kappa shape index (κ2) is 18.4. The molecular formula is C32H38Cl3N9O7. The molecule has 51 heavy (non-hydrogen) atoms. The van der Waals surface area contributed by atoms with Crippen LogP contribution < -0.4 is 0 Å². The number of ether oxygens (including phenoxy) is 2. The number of alkyl halides is 3. The van der Waals surface area contributed by atoms with Crippen LogP contribution in [0.4, 0.5) is 9.59 Å². The Hall–Kier alpha value is -4.09. The van der Waals surface area contributed by atoms with E-state index < -0.39 is 16.0 Å². The second-order valence-electron chi connectivity index (χ2n) is 11.7. The van der Waals surface area contributed by atoms with Gasteiger partial charge in [0, 0.05) is 68.1 Å². The number of hydrogen-bond donors (Lipinski definition) is 1. The van der Waals surface area contributed by atoms with Crippen molar-refractivity contribution in [3.8, 4) is 22.8 Å². The fourth-order valence-electron chi connectivity index (χ4n) is 5.59. The summed E-state index contributed by atoms with van der Waals surface area (Å²) in [5.74, 6) is 2.02. The Bertz CT molecular complexity index is 1660. The Labute approximate surface area is 309 Å². The molecule has 6 rings (SSSR count). The minimum absolute atomic E-state index is 0.0153. The number of carbonyl (C=O) groups excluding carboxylic acids is 1. The molecule has 19 heteroatoms. The van der Waals surface area contributed by atoms with Crippen molar-refractivity contribution in [1.29, 1.82) is 0 Å². The first-order valence-electron chi connectivity index (χ1n) is 16.4. The SMILES string of the molecule is CCN(Cc1nc(-c2ccncc2)no1)C1CCN(C(=O)O)CC1.O=C(OCC(Cl)(Cl)Cl)N1CCC(OCc2nc(-c3ccncc3)no2)CC1. The highest BCUT2D eigenvalue weighted by Crippen LogP contribution is 2.27. The number of amides is 2. The number of piperidine rings is 2. The maximum Gasteiger partial charge on any atom is 0.409 e. The average molecular weight is 767 g/mol. The van der Waals surface area contributed by atoms with Gasteiger partial charge in [0.15, 0.2) is 0 Å². The molecule has 1 N–H and O–H groups in total. The van der Waals surface area contributed by atoms with Gasteiger partial charge in [-0.05, 0) is 56.5 Å². The summed E-state index contributed by atoms with van der Waals surface area (Å²) in [7, 11) is 0. The third kappa shape index (κ3) is 11.7. The molecule has 2 saturated heterocycles. The Morgan fingerprint density at radius 1 is 0.863 bits per heavy atom. The van der Waals surface area contributed by atoms with E-state index in [1.54, 1.807) is 41.8 Å². The normalized spacial score (nSPS) is 15.8. The van der Waals surface area contributed by atoms with Gasteiger partial charge in [-0.15, -0.1) is 0 Å². The van der Waals surface area contributed by atoms with Crippen molar-refractivity contribution < 1.29 is 33.2 Å². The number of rotatable bonds is 10. The molecule has 0 radical (unpaired) electrons. The fraction of sp³-hybridized carbons (Fsp3) is 0.500. The number of carbonyl (C=O) groups is 2. The molecule has 2 aliphatic heterocycles. The van der Waals surface area contributed by atoms with Crippen LogP contribution >= 0.6 is 34.8 Å². The lowest BCUT2D eigenvalue weighted by Crippen LogP contribution is -2.46. The van der Waals surface area contributed by atoms with E-state index in [-0.39, 0.29) is 19.3 Å². The zero-order valence-electron chi connectivity index (χ0n) is 27.8. The summed E-state index contributed by atoms with van der Waals surface area (Å²) in [5.41, 5.74) is 1.69.